The summed E-state index contributed by atoms with van der Waals surface area (Å²) in [6.07, 6.45) is 6.06. The molecule has 2 saturated heterocycles. The number of ether oxygens (including phenoxy) is 1. The maximum Gasteiger partial charge on any atom is 0.410 e. The van der Waals surface area contributed by atoms with E-state index in [0.29, 0.717) is 12.1 Å². The van der Waals surface area contributed by atoms with Gasteiger partial charge in [-0.1, -0.05) is 67.4 Å². The second-order valence-electron chi connectivity index (χ2n) is 10.9. The van der Waals surface area contributed by atoms with Gasteiger partial charge in [0, 0.05) is 12.0 Å². The highest BCUT2D eigenvalue weighted by Gasteiger charge is 2.44. The second kappa shape index (κ2) is 10.5. The molecule has 0 aromatic heterocycles. The molecule has 1 atom stereocenters. The van der Waals surface area contributed by atoms with Gasteiger partial charge in [-0.05, 0) is 85.3 Å². The molecule has 2 heterocycles. The molecule has 3 aliphatic rings. The second-order valence-corrected chi connectivity index (χ2v) is 10.9. The van der Waals surface area contributed by atoms with Crippen molar-refractivity contribution in [2.75, 3.05) is 32.8 Å². The third-order valence-electron chi connectivity index (χ3n) is 8.81. The number of hydrogen-bond acceptors (Lipinski definition) is 3. The molecule has 3 aromatic rings. The van der Waals surface area contributed by atoms with Crippen LogP contribution in [0.2, 0.25) is 0 Å². The van der Waals surface area contributed by atoms with Crippen LogP contribution in [-0.4, -0.2) is 48.7 Å². The molecule has 0 N–H and O–H groups in total. The average molecular weight is 517 g/mol. The highest BCUT2D eigenvalue weighted by Crippen LogP contribution is 2.53. The van der Waals surface area contributed by atoms with Gasteiger partial charge in [0.25, 0.3) is 0 Å². The molecule has 1 amide bonds. The number of carbonyl (C=O) groups excluding carboxylic acids is 1. The molecule has 0 radical (unpaired) electrons. The fourth-order valence-electron chi connectivity index (χ4n) is 6.78. The SMILES string of the molecule is O=C1OC[C@H](c2ccc(F)c(F)c2)N1CCCCCCN1CCC2(CC1)c1ccccc1-c1ccccc12. The number of nitrogens with zero attached hydrogens (tertiary/aromatic N) is 2. The Balaban J connectivity index is 0.966. The summed E-state index contributed by atoms with van der Waals surface area (Å²) in [4.78, 5) is 16.5. The average Bonchev–Trinajstić information content (AvgIpc) is 3.44. The Kier molecular flexibility index (Phi) is 6.91. The van der Waals surface area contributed by atoms with E-state index in [-0.39, 0.29) is 24.2 Å². The molecule has 6 rings (SSSR count). The van der Waals surface area contributed by atoms with E-state index in [9.17, 15) is 13.6 Å². The van der Waals surface area contributed by atoms with Crippen LogP contribution in [0.5, 0.6) is 0 Å². The summed E-state index contributed by atoms with van der Waals surface area (Å²) in [6.45, 7) is 4.06. The van der Waals surface area contributed by atoms with Crippen LogP contribution >= 0.6 is 0 Å². The Morgan fingerprint density at radius 2 is 1.42 bits per heavy atom. The molecule has 0 unspecified atom stereocenters. The van der Waals surface area contributed by atoms with Crippen molar-refractivity contribution in [2.24, 2.45) is 0 Å². The summed E-state index contributed by atoms with van der Waals surface area (Å²) in [7, 11) is 0. The number of unbranched alkanes of at least 4 members (excludes halogenated alkanes) is 3. The van der Waals surface area contributed by atoms with E-state index in [2.05, 4.69) is 53.4 Å². The zero-order chi connectivity index (χ0) is 26.1. The number of hydrogen-bond donors (Lipinski definition) is 0. The van der Waals surface area contributed by atoms with Gasteiger partial charge in [0.15, 0.2) is 11.6 Å². The zero-order valence-electron chi connectivity index (χ0n) is 21.7. The molecule has 0 saturated carbocycles. The number of likely N-dealkylation sites (tertiary alicyclic amines) is 1. The summed E-state index contributed by atoms with van der Waals surface area (Å²) < 4.78 is 32.2. The highest BCUT2D eigenvalue weighted by atomic mass is 19.2. The van der Waals surface area contributed by atoms with Gasteiger partial charge in [-0.15, -0.1) is 0 Å². The Labute approximate surface area is 223 Å². The van der Waals surface area contributed by atoms with E-state index in [1.807, 2.05) is 0 Å². The van der Waals surface area contributed by atoms with Gasteiger partial charge in [0.2, 0.25) is 0 Å². The first kappa shape index (κ1) is 25.1. The standard InChI is InChI=1S/C32H34F2N2O2/c33-28-14-13-23(21-29(28)34)30-22-38-31(37)36(30)18-8-2-1-7-17-35-19-15-32(16-20-35)26-11-5-3-9-24(26)25-10-4-6-12-27(25)32/h3-6,9-14,21,30H,1-2,7-8,15-20,22H2/t30-/m1/s1. The lowest BCUT2D eigenvalue weighted by Crippen LogP contribution is -2.42. The molecule has 0 bridgehead atoms. The third kappa shape index (κ3) is 4.49. The molecule has 2 aliphatic heterocycles. The van der Waals surface area contributed by atoms with Crippen molar-refractivity contribution >= 4 is 6.09 Å². The monoisotopic (exact) mass is 516 g/mol. The predicted octanol–water partition coefficient (Wildman–Crippen LogP) is 7.08. The lowest BCUT2D eigenvalue weighted by molar-refractivity contribution is 0.157. The summed E-state index contributed by atoms with van der Waals surface area (Å²) in [6, 6.07) is 21.3. The van der Waals surface area contributed by atoms with E-state index in [0.717, 1.165) is 64.2 Å². The van der Waals surface area contributed by atoms with Gasteiger partial charge in [-0.25, -0.2) is 13.6 Å². The number of fused-ring (bicyclic) bond motifs is 5. The Hall–Kier alpha value is -3.25. The third-order valence-corrected chi connectivity index (χ3v) is 8.81. The maximum absolute atomic E-state index is 13.7. The molecule has 1 spiro atoms. The van der Waals surface area contributed by atoms with Crippen LogP contribution in [0, 0.1) is 11.6 Å². The van der Waals surface area contributed by atoms with Crippen molar-refractivity contribution in [1.29, 1.82) is 0 Å². The fourth-order valence-corrected chi connectivity index (χ4v) is 6.78. The number of piperidine rings is 1. The van der Waals surface area contributed by atoms with Gasteiger partial charge in [-0.3, -0.25) is 4.90 Å². The van der Waals surface area contributed by atoms with Crippen LogP contribution in [0.1, 0.15) is 61.3 Å². The Morgan fingerprint density at radius 1 is 0.789 bits per heavy atom. The fraction of sp³-hybridized carbons (Fsp3) is 0.406. The Bertz CT molecular complexity index is 1270. The minimum atomic E-state index is -0.896. The van der Waals surface area contributed by atoms with Crippen LogP contribution in [0.3, 0.4) is 0 Å². The number of cyclic esters (lactones) is 1. The van der Waals surface area contributed by atoms with Crippen LogP contribution < -0.4 is 0 Å². The quantitative estimate of drug-likeness (QED) is 0.300. The lowest BCUT2D eigenvalue weighted by Gasteiger charge is -2.41. The molecule has 4 nitrogen and oxygen atoms in total. The molecular formula is C32H34F2N2O2. The highest BCUT2D eigenvalue weighted by molar-refractivity contribution is 5.81. The molecule has 6 heteroatoms. The van der Waals surface area contributed by atoms with E-state index in [1.165, 1.54) is 34.4 Å². The minimum Gasteiger partial charge on any atom is -0.447 e. The largest absolute Gasteiger partial charge is 0.447 e. The van der Waals surface area contributed by atoms with Crippen LogP contribution in [-0.2, 0) is 10.2 Å². The molecular weight excluding hydrogens is 482 g/mol. The van der Waals surface area contributed by atoms with Crippen molar-refractivity contribution in [2.45, 2.75) is 50.0 Å². The lowest BCUT2D eigenvalue weighted by atomic mass is 9.71. The van der Waals surface area contributed by atoms with Gasteiger partial charge in [0.1, 0.15) is 6.61 Å². The summed E-state index contributed by atoms with van der Waals surface area (Å²) in [5.74, 6) is -1.78. The first-order valence-electron chi connectivity index (χ1n) is 13.9. The smallest absolute Gasteiger partial charge is 0.410 e. The first-order valence-corrected chi connectivity index (χ1v) is 13.9. The topological polar surface area (TPSA) is 32.8 Å². The van der Waals surface area contributed by atoms with Crippen LogP contribution in [0.4, 0.5) is 13.6 Å². The van der Waals surface area contributed by atoms with Crippen molar-refractivity contribution in [1.82, 2.24) is 9.80 Å². The summed E-state index contributed by atoms with van der Waals surface area (Å²) >= 11 is 0. The molecule has 3 aromatic carbocycles. The predicted molar refractivity (Wildman–Crippen MR) is 144 cm³/mol. The zero-order valence-corrected chi connectivity index (χ0v) is 21.7. The molecule has 198 valence electrons. The normalized spacial score (nSPS) is 20.0. The van der Waals surface area contributed by atoms with Crippen molar-refractivity contribution < 1.29 is 18.3 Å². The van der Waals surface area contributed by atoms with E-state index in [1.54, 1.807) is 4.90 Å². The summed E-state index contributed by atoms with van der Waals surface area (Å²) in [5.41, 5.74) is 6.55. The van der Waals surface area contributed by atoms with Gasteiger partial charge < -0.3 is 9.64 Å². The van der Waals surface area contributed by atoms with Crippen LogP contribution in [0.25, 0.3) is 11.1 Å². The Morgan fingerprint density at radius 3 is 2.08 bits per heavy atom. The maximum atomic E-state index is 13.7. The van der Waals surface area contributed by atoms with Gasteiger partial charge in [-0.2, -0.15) is 0 Å². The molecule has 2 fully saturated rings. The van der Waals surface area contributed by atoms with Crippen molar-refractivity contribution in [3.8, 4) is 11.1 Å². The number of rotatable bonds is 8. The minimum absolute atomic E-state index is 0.151. The van der Waals surface area contributed by atoms with Gasteiger partial charge >= 0.3 is 6.09 Å². The first-order chi connectivity index (χ1) is 18.6. The van der Waals surface area contributed by atoms with Gasteiger partial charge in [0.05, 0.1) is 6.04 Å². The van der Waals surface area contributed by atoms with E-state index in [4.69, 9.17) is 4.74 Å². The van der Waals surface area contributed by atoms with Crippen molar-refractivity contribution in [3.05, 3.63) is 95.1 Å². The van der Waals surface area contributed by atoms with E-state index < -0.39 is 11.6 Å². The number of benzene rings is 3. The number of carbonyl (C=O) groups is 1. The van der Waals surface area contributed by atoms with Crippen LogP contribution in [0.15, 0.2) is 66.7 Å². The van der Waals surface area contributed by atoms with Crippen molar-refractivity contribution in [3.63, 3.8) is 0 Å². The van der Waals surface area contributed by atoms with E-state index >= 15 is 0 Å². The molecule has 38 heavy (non-hydrogen) atoms. The number of amides is 1. The molecule has 1 aliphatic carbocycles. The number of halogens is 2. The summed E-state index contributed by atoms with van der Waals surface area (Å²) in [5, 5.41) is 0.